The van der Waals surface area contributed by atoms with Gasteiger partial charge in [-0.3, -0.25) is 4.68 Å². The average molecular weight is 242 g/mol. The summed E-state index contributed by atoms with van der Waals surface area (Å²) in [5.41, 5.74) is 2.04. The monoisotopic (exact) mass is 241 g/mol. The minimum atomic E-state index is 0.279. The maximum absolute atomic E-state index is 6.29. The van der Waals surface area contributed by atoms with Crippen molar-refractivity contribution in [2.45, 2.75) is 46.3 Å². The van der Waals surface area contributed by atoms with Gasteiger partial charge in [-0.05, 0) is 20.3 Å². The summed E-state index contributed by atoms with van der Waals surface area (Å²) in [5.74, 6) is 0. The third-order valence-electron chi connectivity index (χ3n) is 2.64. The van der Waals surface area contributed by atoms with E-state index in [-0.39, 0.29) is 6.04 Å². The van der Waals surface area contributed by atoms with Crippen molar-refractivity contribution in [3.05, 3.63) is 29.1 Å². The van der Waals surface area contributed by atoms with Crippen LogP contribution in [-0.4, -0.2) is 15.8 Å². The molecule has 0 aliphatic rings. The Bertz CT molecular complexity index is 357. The molecule has 0 radical (unpaired) electrons. The van der Waals surface area contributed by atoms with Gasteiger partial charge in [0.25, 0.3) is 0 Å². The number of nitrogens with one attached hydrogen (secondary N) is 1. The van der Waals surface area contributed by atoms with Crippen LogP contribution >= 0.6 is 11.6 Å². The molecule has 0 saturated heterocycles. The van der Waals surface area contributed by atoms with Crippen LogP contribution in [0.1, 0.15) is 32.2 Å². The second kappa shape index (κ2) is 6.06. The Balaban J connectivity index is 2.84. The van der Waals surface area contributed by atoms with E-state index in [0.717, 1.165) is 35.9 Å². The van der Waals surface area contributed by atoms with E-state index in [4.69, 9.17) is 11.6 Å². The molecule has 1 atom stereocenters. The Morgan fingerprint density at radius 2 is 2.25 bits per heavy atom. The second-order valence-corrected chi connectivity index (χ2v) is 4.16. The summed E-state index contributed by atoms with van der Waals surface area (Å²) in [6.45, 7) is 11.5. The zero-order valence-electron chi connectivity index (χ0n) is 10.3. The number of nitrogens with zero attached hydrogens (tertiary/aromatic N) is 2. The van der Waals surface area contributed by atoms with Gasteiger partial charge < -0.3 is 5.32 Å². The van der Waals surface area contributed by atoms with Crippen molar-refractivity contribution < 1.29 is 0 Å². The summed E-state index contributed by atoms with van der Waals surface area (Å²) >= 11 is 6.29. The Morgan fingerprint density at radius 3 is 2.75 bits per heavy atom. The van der Waals surface area contributed by atoms with Crippen LogP contribution in [0.3, 0.4) is 0 Å². The highest BCUT2D eigenvalue weighted by Gasteiger charge is 2.13. The molecule has 90 valence electrons. The van der Waals surface area contributed by atoms with Crippen molar-refractivity contribution in [1.82, 2.24) is 15.1 Å². The van der Waals surface area contributed by atoms with Crippen molar-refractivity contribution in [2.75, 3.05) is 0 Å². The predicted molar refractivity (Wildman–Crippen MR) is 68.8 cm³/mol. The number of aromatic nitrogens is 2. The van der Waals surface area contributed by atoms with Gasteiger partial charge in [-0.25, -0.2) is 0 Å². The van der Waals surface area contributed by atoms with Crippen molar-refractivity contribution in [2.24, 2.45) is 0 Å². The van der Waals surface area contributed by atoms with Crippen LogP contribution < -0.4 is 5.32 Å². The van der Waals surface area contributed by atoms with E-state index in [0.29, 0.717) is 0 Å². The normalized spacial score (nSPS) is 12.8. The first-order valence-corrected chi connectivity index (χ1v) is 6.11. The van der Waals surface area contributed by atoms with Crippen LogP contribution in [-0.2, 0) is 19.5 Å². The third kappa shape index (κ3) is 2.86. The topological polar surface area (TPSA) is 29.9 Å². The third-order valence-corrected chi connectivity index (χ3v) is 3.08. The van der Waals surface area contributed by atoms with Crippen molar-refractivity contribution >= 4 is 11.6 Å². The van der Waals surface area contributed by atoms with E-state index in [1.807, 2.05) is 10.8 Å². The Labute approximate surface area is 102 Å². The molecular formula is C12H20ClN3. The lowest BCUT2D eigenvalue weighted by atomic mass is 10.2. The second-order valence-electron chi connectivity index (χ2n) is 3.78. The first-order valence-electron chi connectivity index (χ1n) is 5.73. The standard InChI is InChI=1S/C12H20ClN3/c1-5-9(4)14-8-11-12(13)10(6-2)15-16(11)7-3/h5,9,14H,1,6-8H2,2-4H3. The predicted octanol–water partition coefficient (Wildman–Crippen LogP) is 2.78. The molecule has 1 unspecified atom stereocenters. The van der Waals surface area contributed by atoms with Gasteiger partial charge in [-0.15, -0.1) is 6.58 Å². The van der Waals surface area contributed by atoms with Crippen LogP contribution in [0.25, 0.3) is 0 Å². The molecule has 3 nitrogen and oxygen atoms in total. The molecule has 0 saturated carbocycles. The highest BCUT2D eigenvalue weighted by molar-refractivity contribution is 6.31. The molecule has 1 rings (SSSR count). The molecular weight excluding hydrogens is 222 g/mol. The van der Waals surface area contributed by atoms with E-state index in [9.17, 15) is 0 Å². The SMILES string of the molecule is C=CC(C)NCc1c(Cl)c(CC)nn1CC. The molecule has 1 heterocycles. The van der Waals surface area contributed by atoms with Gasteiger partial charge in [0, 0.05) is 19.1 Å². The van der Waals surface area contributed by atoms with Gasteiger partial charge in [-0.2, -0.15) is 5.10 Å². The van der Waals surface area contributed by atoms with Crippen LogP contribution in [0.15, 0.2) is 12.7 Å². The van der Waals surface area contributed by atoms with E-state index >= 15 is 0 Å². The van der Waals surface area contributed by atoms with Gasteiger partial charge in [0.2, 0.25) is 0 Å². The molecule has 0 bridgehead atoms. The summed E-state index contributed by atoms with van der Waals surface area (Å²) in [5, 5.41) is 8.61. The maximum atomic E-state index is 6.29. The van der Waals surface area contributed by atoms with Crippen LogP contribution in [0.5, 0.6) is 0 Å². The van der Waals surface area contributed by atoms with E-state index in [1.165, 1.54) is 0 Å². The maximum Gasteiger partial charge on any atom is 0.0863 e. The molecule has 1 aromatic heterocycles. The molecule has 0 aliphatic carbocycles. The van der Waals surface area contributed by atoms with Gasteiger partial charge in [0.05, 0.1) is 16.4 Å². The fraction of sp³-hybridized carbons (Fsp3) is 0.583. The summed E-state index contributed by atoms with van der Waals surface area (Å²) in [4.78, 5) is 0. The quantitative estimate of drug-likeness (QED) is 0.777. The fourth-order valence-corrected chi connectivity index (χ4v) is 1.86. The first-order chi connectivity index (χ1) is 7.63. The van der Waals surface area contributed by atoms with Gasteiger partial charge in [0.1, 0.15) is 0 Å². The number of halogens is 1. The minimum absolute atomic E-state index is 0.279. The largest absolute Gasteiger partial charge is 0.305 e. The highest BCUT2D eigenvalue weighted by Crippen LogP contribution is 2.21. The molecule has 4 heteroatoms. The molecule has 1 aromatic rings. The van der Waals surface area contributed by atoms with Crippen LogP contribution in [0.4, 0.5) is 0 Å². The van der Waals surface area contributed by atoms with Crippen LogP contribution in [0.2, 0.25) is 5.02 Å². The fourth-order valence-electron chi connectivity index (χ4n) is 1.53. The van der Waals surface area contributed by atoms with E-state index < -0.39 is 0 Å². The number of aryl methyl sites for hydroxylation is 2. The molecule has 0 aliphatic heterocycles. The Hall–Kier alpha value is -0.800. The molecule has 0 fully saturated rings. The van der Waals surface area contributed by atoms with E-state index in [2.05, 4.69) is 37.8 Å². The van der Waals surface area contributed by atoms with Gasteiger partial charge >= 0.3 is 0 Å². The van der Waals surface area contributed by atoms with E-state index in [1.54, 1.807) is 0 Å². The molecule has 0 spiro atoms. The van der Waals surface area contributed by atoms with Gasteiger partial charge in [0.15, 0.2) is 0 Å². The molecule has 16 heavy (non-hydrogen) atoms. The lowest BCUT2D eigenvalue weighted by Crippen LogP contribution is -2.24. The number of hydrogen-bond donors (Lipinski definition) is 1. The van der Waals surface area contributed by atoms with Gasteiger partial charge in [-0.1, -0.05) is 24.6 Å². The zero-order valence-corrected chi connectivity index (χ0v) is 11.0. The highest BCUT2D eigenvalue weighted by atomic mass is 35.5. The Morgan fingerprint density at radius 1 is 1.56 bits per heavy atom. The summed E-state index contributed by atoms with van der Waals surface area (Å²) < 4.78 is 1.96. The lowest BCUT2D eigenvalue weighted by Gasteiger charge is -2.10. The van der Waals surface area contributed by atoms with Crippen molar-refractivity contribution in [1.29, 1.82) is 0 Å². The summed E-state index contributed by atoms with van der Waals surface area (Å²) in [6.07, 6.45) is 2.75. The molecule has 0 amide bonds. The average Bonchev–Trinajstić information content (AvgIpc) is 2.62. The van der Waals surface area contributed by atoms with Crippen LogP contribution in [0, 0.1) is 0 Å². The smallest absolute Gasteiger partial charge is 0.0863 e. The Kier molecular flexibility index (Phi) is 5.03. The summed E-state index contributed by atoms with van der Waals surface area (Å²) in [6, 6.07) is 0.279. The zero-order chi connectivity index (χ0) is 12.1. The lowest BCUT2D eigenvalue weighted by molar-refractivity contribution is 0.560. The number of hydrogen-bond acceptors (Lipinski definition) is 2. The molecule has 1 N–H and O–H groups in total. The van der Waals surface area contributed by atoms with Crippen molar-refractivity contribution in [3.8, 4) is 0 Å². The van der Waals surface area contributed by atoms with Crippen molar-refractivity contribution in [3.63, 3.8) is 0 Å². The number of rotatable bonds is 6. The minimum Gasteiger partial charge on any atom is -0.305 e. The summed E-state index contributed by atoms with van der Waals surface area (Å²) in [7, 11) is 0. The molecule has 0 aromatic carbocycles. The first kappa shape index (κ1) is 13.3.